The highest BCUT2D eigenvalue weighted by Crippen LogP contribution is 2.31. The molecule has 1 saturated carbocycles. The second-order valence-corrected chi connectivity index (χ2v) is 3.62. The molecule has 1 aliphatic rings. The lowest BCUT2D eigenvalue weighted by molar-refractivity contribution is 0.0972. The monoisotopic (exact) mass is 170 g/mol. The summed E-state index contributed by atoms with van der Waals surface area (Å²) in [6.45, 7) is 2.08. The van der Waals surface area contributed by atoms with Crippen LogP contribution in [-0.4, -0.2) is 22.4 Å². The first-order valence-corrected chi connectivity index (χ1v) is 4.74. The molecule has 1 aliphatic carbocycles. The Hall–Kier alpha value is -0.340. The SMILES string of the molecule is CC/C(=C/C1(O)CCCC1)CO. The van der Waals surface area contributed by atoms with E-state index < -0.39 is 5.60 Å². The Morgan fingerprint density at radius 1 is 1.42 bits per heavy atom. The number of hydrogen-bond acceptors (Lipinski definition) is 2. The molecule has 0 unspecified atom stereocenters. The predicted octanol–water partition coefficient (Wildman–Crippen LogP) is 1.62. The minimum atomic E-state index is -0.603. The highest BCUT2D eigenvalue weighted by Gasteiger charge is 2.28. The summed E-state index contributed by atoms with van der Waals surface area (Å²) in [4.78, 5) is 0. The van der Waals surface area contributed by atoms with Crippen LogP contribution < -0.4 is 0 Å². The largest absolute Gasteiger partial charge is 0.392 e. The van der Waals surface area contributed by atoms with Gasteiger partial charge < -0.3 is 10.2 Å². The lowest BCUT2D eigenvalue weighted by Crippen LogP contribution is -2.21. The van der Waals surface area contributed by atoms with Gasteiger partial charge in [0.1, 0.15) is 0 Å². The van der Waals surface area contributed by atoms with Gasteiger partial charge in [-0.3, -0.25) is 0 Å². The molecule has 1 rings (SSSR count). The highest BCUT2D eigenvalue weighted by atomic mass is 16.3. The fourth-order valence-electron chi connectivity index (χ4n) is 1.77. The Kier molecular flexibility index (Phi) is 3.29. The lowest BCUT2D eigenvalue weighted by atomic mass is 9.98. The van der Waals surface area contributed by atoms with Crippen LogP contribution in [0.2, 0.25) is 0 Å². The molecule has 0 aromatic carbocycles. The predicted molar refractivity (Wildman–Crippen MR) is 48.9 cm³/mol. The van der Waals surface area contributed by atoms with E-state index in [2.05, 4.69) is 0 Å². The molecule has 12 heavy (non-hydrogen) atoms. The lowest BCUT2D eigenvalue weighted by Gasteiger charge is -2.18. The zero-order valence-corrected chi connectivity index (χ0v) is 7.71. The molecule has 0 bridgehead atoms. The van der Waals surface area contributed by atoms with Gasteiger partial charge in [-0.15, -0.1) is 0 Å². The van der Waals surface area contributed by atoms with Crippen molar-refractivity contribution in [3.8, 4) is 0 Å². The van der Waals surface area contributed by atoms with Crippen LogP contribution in [0.25, 0.3) is 0 Å². The van der Waals surface area contributed by atoms with Gasteiger partial charge in [-0.25, -0.2) is 0 Å². The van der Waals surface area contributed by atoms with Crippen LogP contribution in [0.3, 0.4) is 0 Å². The Morgan fingerprint density at radius 2 is 2.00 bits per heavy atom. The van der Waals surface area contributed by atoms with Gasteiger partial charge in [-0.2, -0.15) is 0 Å². The van der Waals surface area contributed by atoms with E-state index in [4.69, 9.17) is 5.11 Å². The van der Waals surface area contributed by atoms with E-state index in [1.807, 2.05) is 13.0 Å². The summed E-state index contributed by atoms with van der Waals surface area (Å²) in [5.74, 6) is 0. The van der Waals surface area contributed by atoms with Crippen LogP contribution in [-0.2, 0) is 0 Å². The van der Waals surface area contributed by atoms with Gasteiger partial charge in [0.15, 0.2) is 0 Å². The fraction of sp³-hybridized carbons (Fsp3) is 0.800. The third-order valence-electron chi connectivity index (χ3n) is 2.60. The normalized spacial score (nSPS) is 23.1. The van der Waals surface area contributed by atoms with E-state index in [0.29, 0.717) is 0 Å². The van der Waals surface area contributed by atoms with Crippen molar-refractivity contribution in [3.05, 3.63) is 11.6 Å². The average Bonchev–Trinajstić information content (AvgIpc) is 2.48. The molecule has 70 valence electrons. The highest BCUT2D eigenvalue weighted by molar-refractivity contribution is 5.12. The molecule has 0 saturated heterocycles. The van der Waals surface area contributed by atoms with E-state index in [1.54, 1.807) is 0 Å². The van der Waals surface area contributed by atoms with Crippen LogP contribution in [0.1, 0.15) is 39.0 Å². The molecule has 0 atom stereocenters. The molecule has 0 aliphatic heterocycles. The van der Waals surface area contributed by atoms with Crippen molar-refractivity contribution in [3.63, 3.8) is 0 Å². The molecule has 2 heteroatoms. The van der Waals surface area contributed by atoms with Crippen molar-refractivity contribution in [1.29, 1.82) is 0 Å². The fourth-order valence-corrected chi connectivity index (χ4v) is 1.77. The van der Waals surface area contributed by atoms with E-state index in [0.717, 1.165) is 37.7 Å². The van der Waals surface area contributed by atoms with E-state index >= 15 is 0 Å². The number of aliphatic hydroxyl groups is 2. The third kappa shape index (κ3) is 2.32. The second-order valence-electron chi connectivity index (χ2n) is 3.62. The molecule has 0 radical (unpaired) electrons. The number of hydrogen-bond donors (Lipinski definition) is 2. The van der Waals surface area contributed by atoms with Crippen molar-refractivity contribution < 1.29 is 10.2 Å². The van der Waals surface area contributed by atoms with E-state index in [1.165, 1.54) is 0 Å². The van der Waals surface area contributed by atoms with Crippen LogP contribution in [0, 0.1) is 0 Å². The number of rotatable bonds is 3. The minimum Gasteiger partial charge on any atom is -0.392 e. The average molecular weight is 170 g/mol. The molecule has 0 aromatic rings. The molecule has 1 fully saturated rings. The quantitative estimate of drug-likeness (QED) is 0.632. The first kappa shape index (κ1) is 9.75. The van der Waals surface area contributed by atoms with Crippen molar-refractivity contribution in [2.45, 2.75) is 44.6 Å². The molecule has 2 N–H and O–H groups in total. The topological polar surface area (TPSA) is 40.5 Å². The van der Waals surface area contributed by atoms with Gasteiger partial charge in [-0.1, -0.05) is 25.8 Å². The molecule has 0 spiro atoms. The number of aliphatic hydroxyl groups excluding tert-OH is 1. The molecular formula is C10H18O2. The maximum atomic E-state index is 9.94. The second kappa shape index (κ2) is 4.06. The Balaban J connectivity index is 2.61. The third-order valence-corrected chi connectivity index (χ3v) is 2.60. The molecule has 2 nitrogen and oxygen atoms in total. The van der Waals surface area contributed by atoms with Crippen LogP contribution in [0.5, 0.6) is 0 Å². The maximum Gasteiger partial charge on any atom is 0.0831 e. The molecular weight excluding hydrogens is 152 g/mol. The van der Waals surface area contributed by atoms with Crippen LogP contribution in [0.4, 0.5) is 0 Å². The first-order chi connectivity index (χ1) is 5.70. The Bertz CT molecular complexity index is 161. The smallest absolute Gasteiger partial charge is 0.0831 e. The van der Waals surface area contributed by atoms with Crippen LogP contribution >= 0.6 is 0 Å². The van der Waals surface area contributed by atoms with Gasteiger partial charge in [0.05, 0.1) is 12.2 Å². The first-order valence-electron chi connectivity index (χ1n) is 4.74. The van der Waals surface area contributed by atoms with Crippen molar-refractivity contribution in [2.75, 3.05) is 6.61 Å². The summed E-state index contributed by atoms with van der Waals surface area (Å²) in [6, 6.07) is 0. The van der Waals surface area contributed by atoms with Crippen molar-refractivity contribution in [1.82, 2.24) is 0 Å². The Morgan fingerprint density at radius 3 is 2.42 bits per heavy atom. The minimum absolute atomic E-state index is 0.0822. The van der Waals surface area contributed by atoms with Gasteiger partial charge in [0, 0.05) is 0 Å². The maximum absolute atomic E-state index is 9.94. The summed E-state index contributed by atoms with van der Waals surface area (Å²) in [5.41, 5.74) is 0.355. The van der Waals surface area contributed by atoms with Gasteiger partial charge in [-0.05, 0) is 24.8 Å². The summed E-state index contributed by atoms with van der Waals surface area (Å²) >= 11 is 0. The summed E-state index contributed by atoms with van der Waals surface area (Å²) in [6.07, 6.45) is 6.62. The van der Waals surface area contributed by atoms with E-state index in [9.17, 15) is 5.11 Å². The Labute approximate surface area is 73.9 Å². The van der Waals surface area contributed by atoms with Gasteiger partial charge in [0.25, 0.3) is 0 Å². The van der Waals surface area contributed by atoms with Gasteiger partial charge in [0.2, 0.25) is 0 Å². The summed E-state index contributed by atoms with van der Waals surface area (Å²) in [5, 5.41) is 18.9. The summed E-state index contributed by atoms with van der Waals surface area (Å²) < 4.78 is 0. The van der Waals surface area contributed by atoms with Gasteiger partial charge >= 0.3 is 0 Å². The van der Waals surface area contributed by atoms with Crippen molar-refractivity contribution >= 4 is 0 Å². The zero-order chi connectivity index (χ0) is 9.03. The van der Waals surface area contributed by atoms with Crippen molar-refractivity contribution in [2.24, 2.45) is 0 Å². The standard InChI is InChI=1S/C10H18O2/c1-2-9(8-11)7-10(12)5-3-4-6-10/h7,11-12H,2-6,8H2,1H3/b9-7-. The molecule has 0 amide bonds. The van der Waals surface area contributed by atoms with Crippen LogP contribution in [0.15, 0.2) is 11.6 Å². The molecule has 0 aromatic heterocycles. The summed E-state index contributed by atoms with van der Waals surface area (Å²) in [7, 11) is 0. The van der Waals surface area contributed by atoms with E-state index in [-0.39, 0.29) is 6.61 Å². The zero-order valence-electron chi connectivity index (χ0n) is 7.71. The molecule has 0 heterocycles.